The Balaban J connectivity index is 3.10. The molecule has 0 bridgehead atoms. The lowest BCUT2D eigenvalue weighted by atomic mass is 10.0. The number of hydrogen-bond acceptors (Lipinski definition) is 2. The molecule has 4 N–H and O–H groups in total. The summed E-state index contributed by atoms with van der Waals surface area (Å²) < 4.78 is 0. The van der Waals surface area contributed by atoms with Crippen LogP contribution in [0.3, 0.4) is 0 Å². The lowest BCUT2D eigenvalue weighted by molar-refractivity contribution is 0.485. The van der Waals surface area contributed by atoms with Crippen molar-refractivity contribution in [3.05, 3.63) is 0 Å². The summed E-state index contributed by atoms with van der Waals surface area (Å²) in [4.78, 5) is 0. The van der Waals surface area contributed by atoms with Gasteiger partial charge in [-0.25, -0.2) is 0 Å². The van der Waals surface area contributed by atoms with E-state index in [1.807, 2.05) is 0 Å². The van der Waals surface area contributed by atoms with Gasteiger partial charge >= 0.3 is 0 Å². The highest BCUT2D eigenvalue weighted by atomic mass is 14.6. The number of nitrogens with two attached hydrogens (primary N) is 2. The van der Waals surface area contributed by atoms with E-state index in [4.69, 9.17) is 11.5 Å². The van der Waals surface area contributed by atoms with Crippen molar-refractivity contribution in [1.82, 2.24) is 0 Å². The molecule has 1 atom stereocenters. The zero-order valence-electron chi connectivity index (χ0n) is 12.6. The molecule has 1 unspecified atom stereocenters. The Kier molecular flexibility index (Phi) is 14.9. The highest BCUT2D eigenvalue weighted by molar-refractivity contribution is 4.61. The second-order valence-corrected chi connectivity index (χ2v) is 5.66. The van der Waals surface area contributed by atoms with E-state index in [0.717, 1.165) is 6.54 Å². The Hall–Kier alpha value is -0.0800. The third kappa shape index (κ3) is 14.0. The van der Waals surface area contributed by atoms with Crippen LogP contribution in [0.4, 0.5) is 0 Å². The Morgan fingerprint density at radius 2 is 1.11 bits per heavy atom. The fourth-order valence-electron chi connectivity index (χ4n) is 2.41. The third-order valence-electron chi connectivity index (χ3n) is 3.71. The monoisotopic (exact) mass is 256 g/mol. The van der Waals surface area contributed by atoms with E-state index in [-0.39, 0.29) is 0 Å². The lowest BCUT2D eigenvalue weighted by Gasteiger charge is -2.11. The highest BCUT2D eigenvalue weighted by Gasteiger charge is 2.02. The van der Waals surface area contributed by atoms with Gasteiger partial charge in [0.2, 0.25) is 0 Å². The predicted molar refractivity (Wildman–Crippen MR) is 82.7 cm³/mol. The van der Waals surface area contributed by atoms with Crippen molar-refractivity contribution in [3.63, 3.8) is 0 Å². The van der Waals surface area contributed by atoms with Crippen LogP contribution in [-0.2, 0) is 0 Å². The van der Waals surface area contributed by atoms with Gasteiger partial charge in [0.15, 0.2) is 0 Å². The summed E-state index contributed by atoms with van der Waals surface area (Å²) in [7, 11) is 0. The van der Waals surface area contributed by atoms with Crippen LogP contribution in [0.25, 0.3) is 0 Å². The van der Waals surface area contributed by atoms with Crippen LogP contribution < -0.4 is 11.5 Å². The molecule has 0 aliphatic rings. The van der Waals surface area contributed by atoms with Gasteiger partial charge in [0, 0.05) is 6.04 Å². The number of hydrogen-bond donors (Lipinski definition) is 2. The smallest absolute Gasteiger partial charge is 0.00388 e. The first-order valence-corrected chi connectivity index (χ1v) is 8.27. The molecule has 0 aromatic rings. The van der Waals surface area contributed by atoms with Crippen molar-refractivity contribution in [2.45, 2.75) is 96.4 Å². The Labute approximate surface area is 115 Å². The summed E-state index contributed by atoms with van der Waals surface area (Å²) in [6.45, 7) is 3.11. The fourth-order valence-corrected chi connectivity index (χ4v) is 2.41. The van der Waals surface area contributed by atoms with Crippen molar-refractivity contribution >= 4 is 0 Å². The largest absolute Gasteiger partial charge is 0.330 e. The molecule has 0 radical (unpaired) electrons. The van der Waals surface area contributed by atoms with E-state index in [2.05, 4.69) is 6.92 Å². The minimum atomic E-state index is 0.450. The van der Waals surface area contributed by atoms with Gasteiger partial charge in [0.25, 0.3) is 0 Å². The van der Waals surface area contributed by atoms with Crippen LogP contribution in [0.5, 0.6) is 0 Å². The van der Waals surface area contributed by atoms with E-state index < -0.39 is 0 Å². The SMILES string of the molecule is CCCCCCCCC(N)CCCCCCCN. The van der Waals surface area contributed by atoms with Gasteiger partial charge < -0.3 is 11.5 Å². The molecule has 0 aliphatic carbocycles. The molecule has 110 valence electrons. The molecule has 2 heteroatoms. The maximum Gasteiger partial charge on any atom is 0.00388 e. The molecule has 0 aromatic heterocycles. The molecule has 0 amide bonds. The number of unbranched alkanes of at least 4 members (excludes halogenated alkanes) is 9. The Morgan fingerprint density at radius 1 is 0.667 bits per heavy atom. The summed E-state index contributed by atoms with van der Waals surface area (Å²) in [5.74, 6) is 0. The molecular formula is C16H36N2. The van der Waals surface area contributed by atoms with Crippen LogP contribution in [0, 0.1) is 0 Å². The van der Waals surface area contributed by atoms with E-state index in [0.29, 0.717) is 6.04 Å². The molecule has 0 heterocycles. The second kappa shape index (κ2) is 15.0. The maximum atomic E-state index is 6.14. The standard InChI is InChI=1S/C16H36N2/c1-2-3-4-5-7-10-13-16(18)14-11-8-6-9-12-15-17/h16H,2-15,17-18H2,1H3. The first kappa shape index (κ1) is 17.9. The highest BCUT2D eigenvalue weighted by Crippen LogP contribution is 2.12. The summed E-state index contributed by atoms with van der Waals surface area (Å²) >= 11 is 0. The molecule has 0 saturated heterocycles. The van der Waals surface area contributed by atoms with Crippen LogP contribution in [0.1, 0.15) is 90.4 Å². The minimum Gasteiger partial charge on any atom is -0.330 e. The Morgan fingerprint density at radius 3 is 1.61 bits per heavy atom. The first-order chi connectivity index (χ1) is 8.81. The van der Waals surface area contributed by atoms with Crippen molar-refractivity contribution in [2.24, 2.45) is 11.5 Å². The van der Waals surface area contributed by atoms with Gasteiger partial charge in [-0.3, -0.25) is 0 Å². The molecule has 0 fully saturated rings. The van der Waals surface area contributed by atoms with Crippen LogP contribution in [0.2, 0.25) is 0 Å². The van der Waals surface area contributed by atoms with Gasteiger partial charge in [-0.1, -0.05) is 71.1 Å². The lowest BCUT2D eigenvalue weighted by Crippen LogP contribution is -2.19. The zero-order chi connectivity index (χ0) is 13.5. The fraction of sp³-hybridized carbons (Fsp3) is 1.00. The average Bonchev–Trinajstić information content (AvgIpc) is 2.38. The van der Waals surface area contributed by atoms with E-state index in [9.17, 15) is 0 Å². The second-order valence-electron chi connectivity index (χ2n) is 5.66. The van der Waals surface area contributed by atoms with E-state index in [1.54, 1.807) is 0 Å². The van der Waals surface area contributed by atoms with Crippen LogP contribution in [0.15, 0.2) is 0 Å². The third-order valence-corrected chi connectivity index (χ3v) is 3.71. The average molecular weight is 256 g/mol. The van der Waals surface area contributed by atoms with Gasteiger partial charge in [-0.05, 0) is 25.8 Å². The van der Waals surface area contributed by atoms with Gasteiger partial charge in [0.05, 0.1) is 0 Å². The van der Waals surface area contributed by atoms with Crippen molar-refractivity contribution in [3.8, 4) is 0 Å². The maximum absolute atomic E-state index is 6.14. The van der Waals surface area contributed by atoms with E-state index >= 15 is 0 Å². The summed E-state index contributed by atoms with van der Waals surface area (Å²) in [6.07, 6.45) is 17.2. The molecule has 2 nitrogen and oxygen atoms in total. The van der Waals surface area contributed by atoms with Crippen molar-refractivity contribution in [1.29, 1.82) is 0 Å². The first-order valence-electron chi connectivity index (χ1n) is 8.27. The Bertz CT molecular complexity index is 132. The molecule has 0 rings (SSSR count). The molecule has 0 spiro atoms. The van der Waals surface area contributed by atoms with Crippen LogP contribution in [-0.4, -0.2) is 12.6 Å². The summed E-state index contributed by atoms with van der Waals surface area (Å²) in [6, 6.07) is 0.450. The summed E-state index contributed by atoms with van der Waals surface area (Å²) in [5, 5.41) is 0. The van der Waals surface area contributed by atoms with Crippen molar-refractivity contribution in [2.75, 3.05) is 6.54 Å². The predicted octanol–water partition coefficient (Wildman–Crippen LogP) is 4.36. The normalized spacial score (nSPS) is 12.8. The molecule has 0 saturated carbocycles. The zero-order valence-corrected chi connectivity index (χ0v) is 12.6. The van der Waals surface area contributed by atoms with Crippen molar-refractivity contribution < 1.29 is 0 Å². The molecule has 0 aliphatic heterocycles. The quantitative estimate of drug-likeness (QED) is 0.454. The van der Waals surface area contributed by atoms with E-state index in [1.165, 1.54) is 83.5 Å². The van der Waals surface area contributed by atoms with Gasteiger partial charge in [0.1, 0.15) is 0 Å². The topological polar surface area (TPSA) is 52.0 Å². The van der Waals surface area contributed by atoms with Gasteiger partial charge in [-0.2, -0.15) is 0 Å². The molecular weight excluding hydrogens is 220 g/mol. The van der Waals surface area contributed by atoms with Crippen LogP contribution >= 0.6 is 0 Å². The number of rotatable bonds is 14. The molecule has 0 aromatic carbocycles. The minimum absolute atomic E-state index is 0.450. The van der Waals surface area contributed by atoms with Gasteiger partial charge in [-0.15, -0.1) is 0 Å². The molecule has 18 heavy (non-hydrogen) atoms. The summed E-state index contributed by atoms with van der Waals surface area (Å²) in [5.41, 5.74) is 11.6.